The number of halogens is 2. The molecule has 1 aromatic rings. The van der Waals surface area contributed by atoms with E-state index in [1.54, 1.807) is 0 Å². The molecule has 0 amide bonds. The summed E-state index contributed by atoms with van der Waals surface area (Å²) in [6, 6.07) is 5.66. The van der Waals surface area contributed by atoms with E-state index in [1.807, 2.05) is 36.0 Å². The van der Waals surface area contributed by atoms with Crippen LogP contribution in [0.15, 0.2) is 29.6 Å². The minimum absolute atomic E-state index is 0. The number of nitrogens with zero attached hydrogens (tertiary/aromatic N) is 2. The van der Waals surface area contributed by atoms with Crippen molar-refractivity contribution in [1.82, 2.24) is 0 Å². The molecule has 0 aromatic carbocycles. The Labute approximate surface area is 83.5 Å². The number of pyridine rings is 1. The normalized spacial score (nSPS) is 8.75. The van der Waals surface area contributed by atoms with Crippen LogP contribution in [0, 0.1) is 0 Å². The van der Waals surface area contributed by atoms with E-state index in [4.69, 9.17) is 5.21 Å². The standard InChI is InChI=1S/C7H8N2O.2ClH/c1-9-5-3-2-4-7(9)6-8-10;;/h2-6H,1H3;2*1H. The lowest BCUT2D eigenvalue weighted by Gasteiger charge is -1.88. The smallest absolute Gasteiger partial charge is 0.226 e. The monoisotopic (exact) mass is 208 g/mol. The van der Waals surface area contributed by atoms with Crippen molar-refractivity contribution in [3.8, 4) is 0 Å². The Balaban J connectivity index is 0. The van der Waals surface area contributed by atoms with Crippen molar-refractivity contribution >= 4 is 18.6 Å². The Kier molecular flexibility index (Phi) is 7.90. The molecule has 1 heterocycles. The zero-order chi connectivity index (χ0) is 7.40. The third kappa shape index (κ3) is 3.55. The second-order valence-electron chi connectivity index (χ2n) is 1.98. The van der Waals surface area contributed by atoms with Crippen LogP contribution >= 0.6 is 12.4 Å². The first-order valence-electron chi connectivity index (χ1n) is 2.96. The fraction of sp³-hybridized carbons (Fsp3) is 0.143. The third-order valence-corrected chi connectivity index (χ3v) is 1.29. The summed E-state index contributed by atoms with van der Waals surface area (Å²) >= 11 is 0. The Morgan fingerprint density at radius 3 is 2.67 bits per heavy atom. The lowest BCUT2D eigenvalue weighted by molar-refractivity contribution is -0.672. The number of hydrogen-bond donors (Lipinski definition) is 1. The molecular formula is C7H10Cl2N2O. The summed E-state index contributed by atoms with van der Waals surface area (Å²) in [5.41, 5.74) is 0.866. The molecule has 0 fully saturated rings. The van der Waals surface area contributed by atoms with Gasteiger partial charge in [0.1, 0.15) is 13.3 Å². The number of aryl methyl sites for hydroxylation is 1. The second-order valence-corrected chi connectivity index (χ2v) is 1.98. The first kappa shape index (κ1) is 13.8. The molecule has 0 aliphatic rings. The Hall–Kier alpha value is -0.800. The minimum atomic E-state index is 0. The molecule has 1 rings (SSSR count). The van der Waals surface area contributed by atoms with Gasteiger partial charge < -0.3 is 17.6 Å². The van der Waals surface area contributed by atoms with Crippen molar-refractivity contribution in [3.05, 3.63) is 30.1 Å². The van der Waals surface area contributed by atoms with Gasteiger partial charge in [0.2, 0.25) is 5.69 Å². The summed E-state index contributed by atoms with van der Waals surface area (Å²) < 4.78 is 1.86. The van der Waals surface area contributed by atoms with Crippen LogP contribution in [0.1, 0.15) is 5.69 Å². The predicted molar refractivity (Wildman–Crippen MR) is 44.2 cm³/mol. The second kappa shape index (κ2) is 6.88. The van der Waals surface area contributed by atoms with Gasteiger partial charge in [0, 0.05) is 12.1 Å². The molecule has 0 aliphatic heterocycles. The average molecular weight is 209 g/mol. The lowest BCUT2D eigenvalue weighted by atomic mass is 10.4. The third-order valence-electron chi connectivity index (χ3n) is 1.29. The molecule has 68 valence electrons. The summed E-state index contributed by atoms with van der Waals surface area (Å²) in [7, 11) is 1.89. The highest BCUT2D eigenvalue weighted by molar-refractivity contribution is 5.85. The fourth-order valence-corrected chi connectivity index (χ4v) is 0.730. The van der Waals surface area contributed by atoms with Gasteiger partial charge in [-0.3, -0.25) is 0 Å². The zero-order valence-corrected chi connectivity index (χ0v) is 8.09. The quantitative estimate of drug-likeness (QED) is 0.241. The number of aromatic nitrogens is 1. The minimum Gasteiger partial charge on any atom is -1.00 e. The zero-order valence-electron chi connectivity index (χ0n) is 6.51. The van der Waals surface area contributed by atoms with Crippen LogP contribution in [0.25, 0.3) is 0 Å². The van der Waals surface area contributed by atoms with Crippen molar-refractivity contribution in [1.29, 1.82) is 0 Å². The molecule has 0 radical (unpaired) electrons. The van der Waals surface area contributed by atoms with E-state index in [2.05, 4.69) is 5.16 Å². The van der Waals surface area contributed by atoms with E-state index in [1.165, 1.54) is 6.21 Å². The van der Waals surface area contributed by atoms with E-state index in [0.717, 1.165) is 5.69 Å². The van der Waals surface area contributed by atoms with Gasteiger partial charge in [-0.05, 0) is 6.07 Å². The van der Waals surface area contributed by atoms with E-state index in [0.29, 0.717) is 0 Å². The molecule has 1 aromatic heterocycles. The maximum absolute atomic E-state index is 8.20. The molecule has 0 saturated heterocycles. The highest BCUT2D eigenvalue weighted by Crippen LogP contribution is 1.84. The average Bonchev–Trinajstić information content (AvgIpc) is 1.94. The maximum Gasteiger partial charge on any atom is 0.226 e. The highest BCUT2D eigenvalue weighted by Gasteiger charge is 1.98. The van der Waals surface area contributed by atoms with Gasteiger partial charge in [0.05, 0.1) is 0 Å². The summed E-state index contributed by atoms with van der Waals surface area (Å²) in [6.07, 6.45) is 3.27. The van der Waals surface area contributed by atoms with E-state index in [-0.39, 0.29) is 24.8 Å². The van der Waals surface area contributed by atoms with Crippen LogP contribution < -0.4 is 17.0 Å². The molecule has 0 unspecified atom stereocenters. The van der Waals surface area contributed by atoms with Crippen molar-refractivity contribution in [3.63, 3.8) is 0 Å². The number of hydrogen-bond acceptors (Lipinski definition) is 2. The van der Waals surface area contributed by atoms with Gasteiger partial charge >= 0.3 is 0 Å². The first-order chi connectivity index (χ1) is 4.84. The van der Waals surface area contributed by atoms with Gasteiger partial charge in [0.15, 0.2) is 6.20 Å². The van der Waals surface area contributed by atoms with Crippen LogP contribution in [0.5, 0.6) is 0 Å². The van der Waals surface area contributed by atoms with Gasteiger partial charge in [0.25, 0.3) is 0 Å². The van der Waals surface area contributed by atoms with Gasteiger partial charge in [-0.1, -0.05) is 5.16 Å². The van der Waals surface area contributed by atoms with Crippen LogP contribution in [-0.4, -0.2) is 11.4 Å². The topological polar surface area (TPSA) is 36.5 Å². The highest BCUT2D eigenvalue weighted by atomic mass is 35.5. The molecule has 1 N–H and O–H groups in total. The molecule has 0 saturated carbocycles. The Bertz CT molecular complexity index is 253. The first-order valence-corrected chi connectivity index (χ1v) is 2.96. The van der Waals surface area contributed by atoms with E-state index < -0.39 is 0 Å². The largest absolute Gasteiger partial charge is 1.00 e. The van der Waals surface area contributed by atoms with Crippen molar-refractivity contribution in [2.24, 2.45) is 12.2 Å². The molecule has 0 spiro atoms. The van der Waals surface area contributed by atoms with Crippen molar-refractivity contribution in [2.75, 3.05) is 0 Å². The van der Waals surface area contributed by atoms with E-state index in [9.17, 15) is 0 Å². The molecule has 0 atom stereocenters. The lowest BCUT2D eigenvalue weighted by Crippen LogP contribution is -3.00. The summed E-state index contributed by atoms with van der Waals surface area (Å²) in [5, 5.41) is 11.1. The Morgan fingerprint density at radius 2 is 2.17 bits per heavy atom. The van der Waals surface area contributed by atoms with Crippen LogP contribution in [0.2, 0.25) is 0 Å². The number of rotatable bonds is 1. The van der Waals surface area contributed by atoms with Crippen molar-refractivity contribution < 1.29 is 22.2 Å². The summed E-state index contributed by atoms with van der Waals surface area (Å²) in [4.78, 5) is 0. The fourth-order valence-electron chi connectivity index (χ4n) is 0.730. The Morgan fingerprint density at radius 1 is 1.50 bits per heavy atom. The SMILES string of the molecule is C[n+]1ccccc1/C=N/O.Cl.[Cl-]. The van der Waals surface area contributed by atoms with Crippen LogP contribution in [0.4, 0.5) is 0 Å². The van der Waals surface area contributed by atoms with E-state index >= 15 is 0 Å². The predicted octanol–water partition coefficient (Wildman–Crippen LogP) is -2.25. The van der Waals surface area contributed by atoms with Gasteiger partial charge in [-0.2, -0.15) is 0 Å². The molecule has 0 aliphatic carbocycles. The molecule has 0 bridgehead atoms. The summed E-state index contributed by atoms with van der Waals surface area (Å²) in [6.45, 7) is 0. The van der Waals surface area contributed by atoms with Crippen molar-refractivity contribution in [2.45, 2.75) is 0 Å². The molecule has 3 nitrogen and oxygen atoms in total. The summed E-state index contributed by atoms with van der Waals surface area (Å²) in [5.74, 6) is 0. The van der Waals surface area contributed by atoms with Crippen LogP contribution in [0.3, 0.4) is 0 Å². The number of oxime groups is 1. The van der Waals surface area contributed by atoms with Gasteiger partial charge in [-0.25, -0.2) is 4.57 Å². The molecule has 12 heavy (non-hydrogen) atoms. The van der Waals surface area contributed by atoms with Gasteiger partial charge in [-0.15, -0.1) is 12.4 Å². The molecular weight excluding hydrogens is 199 g/mol. The molecule has 5 heteroatoms. The van der Waals surface area contributed by atoms with Crippen LogP contribution in [-0.2, 0) is 7.05 Å². The maximum atomic E-state index is 8.20.